The first-order valence-electron chi connectivity index (χ1n) is 20.3. The normalized spacial score (nSPS) is 26.3. The fourth-order valence-corrected chi connectivity index (χ4v) is 10.3. The molecule has 2 aliphatic heterocycles. The first-order valence-corrected chi connectivity index (χ1v) is 22.1. The van der Waals surface area contributed by atoms with Gasteiger partial charge < -0.3 is 19.1 Å². The molecule has 4 fully saturated rings. The Morgan fingerprint density at radius 3 is 2.47 bits per heavy atom. The third kappa shape index (κ3) is 7.74. The Morgan fingerprint density at radius 2 is 1.83 bits per heavy atom. The van der Waals surface area contributed by atoms with Crippen LogP contribution in [0.25, 0.3) is 22.3 Å². The van der Waals surface area contributed by atoms with Crippen LogP contribution < -0.4 is 14.2 Å². The third-order valence-electron chi connectivity index (χ3n) is 12.8. The maximum atomic E-state index is 14.7. The number of hydrogen-bond acceptors (Lipinski definition) is 10. The van der Waals surface area contributed by atoms with Crippen molar-refractivity contribution in [2.45, 2.75) is 115 Å². The third-order valence-corrected chi connectivity index (χ3v) is 15.3. The summed E-state index contributed by atoms with van der Waals surface area (Å²) >= 11 is 7.01. The molecule has 0 spiro atoms. The lowest BCUT2D eigenvalue weighted by Gasteiger charge is -2.43. The first kappa shape index (κ1) is 42.1. The van der Waals surface area contributed by atoms with E-state index in [0.29, 0.717) is 77.5 Å². The van der Waals surface area contributed by atoms with Gasteiger partial charge in [0.25, 0.3) is 0 Å². The van der Waals surface area contributed by atoms with E-state index in [2.05, 4.69) is 25.1 Å². The van der Waals surface area contributed by atoms with Crippen LogP contribution in [0.4, 0.5) is 0 Å². The van der Waals surface area contributed by atoms with Crippen LogP contribution >= 0.6 is 11.6 Å². The van der Waals surface area contributed by atoms with E-state index < -0.39 is 44.3 Å². The van der Waals surface area contributed by atoms with Crippen molar-refractivity contribution in [2.24, 2.45) is 22.7 Å². The van der Waals surface area contributed by atoms with Crippen molar-refractivity contribution in [2.75, 3.05) is 20.3 Å². The van der Waals surface area contributed by atoms with E-state index in [9.17, 15) is 22.8 Å². The molecule has 4 heterocycles. The number of aromatic nitrogens is 2. The minimum atomic E-state index is -3.93. The number of Topliss-reactive ketones (excluding diaryl/α,β-unsaturated/α-hetero) is 1. The van der Waals surface area contributed by atoms with Gasteiger partial charge in [-0.1, -0.05) is 58.4 Å². The number of halogens is 1. The molecule has 6 atom stereocenters. The minimum absolute atomic E-state index is 0.122. The zero-order chi connectivity index (χ0) is 41.9. The minimum Gasteiger partial charge on any atom is -0.490 e. The molecule has 7 rings (SSSR count). The topological polar surface area (TPSA) is 154 Å². The number of sulfonamides is 1. The molecule has 3 aromatic rings. The summed E-state index contributed by atoms with van der Waals surface area (Å²) in [5, 5.41) is 0.918. The molecule has 312 valence electrons. The highest BCUT2D eigenvalue weighted by Gasteiger charge is 2.63. The molecule has 4 aliphatic rings. The van der Waals surface area contributed by atoms with E-state index in [1.165, 1.54) is 0 Å². The molecule has 2 saturated carbocycles. The van der Waals surface area contributed by atoms with Crippen molar-refractivity contribution < 1.29 is 37.0 Å². The van der Waals surface area contributed by atoms with E-state index in [1.807, 2.05) is 51.1 Å². The average molecular weight is 835 g/mol. The number of nitrogens with zero attached hydrogens (tertiary/aromatic N) is 3. The molecule has 12 nitrogen and oxygen atoms in total. The summed E-state index contributed by atoms with van der Waals surface area (Å²) in [7, 11) is -2.34. The van der Waals surface area contributed by atoms with Crippen LogP contribution in [0.1, 0.15) is 98.1 Å². The lowest BCUT2D eigenvalue weighted by atomic mass is 9.74. The number of nitrogens with one attached hydrogen (secondary N) is 1. The number of carbonyl (C=O) groups is 3. The molecule has 14 heteroatoms. The second kappa shape index (κ2) is 15.5. The lowest BCUT2D eigenvalue weighted by molar-refractivity contribution is -0.151. The van der Waals surface area contributed by atoms with Crippen LogP contribution in [0.2, 0.25) is 5.02 Å². The second-order valence-corrected chi connectivity index (χ2v) is 20.7. The summed E-state index contributed by atoms with van der Waals surface area (Å²) in [6, 6.07) is 9.89. The number of methoxy groups -OCH3 is 1. The van der Waals surface area contributed by atoms with E-state index in [0.717, 1.165) is 5.69 Å². The number of ether oxygens (including phenoxy) is 3. The van der Waals surface area contributed by atoms with Gasteiger partial charge >= 0.3 is 0 Å². The molecule has 0 radical (unpaired) electrons. The Morgan fingerprint density at radius 1 is 1.09 bits per heavy atom. The van der Waals surface area contributed by atoms with Crippen molar-refractivity contribution in [1.82, 2.24) is 19.6 Å². The number of ketones is 1. The largest absolute Gasteiger partial charge is 0.490 e. The van der Waals surface area contributed by atoms with Gasteiger partial charge in [-0.25, -0.2) is 13.4 Å². The van der Waals surface area contributed by atoms with Crippen LogP contribution in [-0.4, -0.2) is 84.1 Å². The molecule has 2 aromatic heterocycles. The summed E-state index contributed by atoms with van der Waals surface area (Å²) in [6.45, 7) is 16.4. The molecular formula is C44H55ClN4O8S. The number of allylic oxidation sites excluding steroid dienone is 1. The number of benzene rings is 1. The molecule has 1 N–H and O–H groups in total. The van der Waals surface area contributed by atoms with Crippen LogP contribution in [0.3, 0.4) is 0 Å². The van der Waals surface area contributed by atoms with Crippen LogP contribution in [0, 0.1) is 22.7 Å². The van der Waals surface area contributed by atoms with Gasteiger partial charge in [-0.15, -0.1) is 6.58 Å². The predicted octanol–water partition coefficient (Wildman–Crippen LogP) is 7.42. The van der Waals surface area contributed by atoms with Crippen molar-refractivity contribution in [1.29, 1.82) is 0 Å². The fourth-order valence-electron chi connectivity index (χ4n) is 8.67. The zero-order valence-corrected chi connectivity index (χ0v) is 36.0. The SMILES string of the molecule is C=C[C@@H]1C[C@]1(CC(=O)[C@@H]1C[C@@H](Oc2cc(-c3cccc(C(C)C)n3)nc3c(Cl)c(OCCOC)ccc23)[C@H]2CC[C@H](C(C)(C)C)C(=O)N21)C(=O)NS(=O)(=O)C1(C)CC1. The van der Waals surface area contributed by atoms with Gasteiger partial charge in [-0.05, 0) is 80.5 Å². The molecule has 0 unspecified atom stereocenters. The highest BCUT2D eigenvalue weighted by molar-refractivity contribution is 7.91. The van der Waals surface area contributed by atoms with Crippen LogP contribution in [-0.2, 0) is 29.1 Å². The predicted molar refractivity (Wildman–Crippen MR) is 222 cm³/mol. The lowest BCUT2D eigenvalue weighted by Crippen LogP contribution is -2.55. The van der Waals surface area contributed by atoms with Crippen LogP contribution in [0.15, 0.2) is 49.1 Å². The van der Waals surface area contributed by atoms with Gasteiger partial charge in [0.15, 0.2) is 5.78 Å². The Balaban J connectivity index is 1.25. The average Bonchev–Trinajstić information content (AvgIpc) is 4.07. The maximum absolute atomic E-state index is 14.7. The number of amides is 2. The van der Waals surface area contributed by atoms with E-state index in [4.69, 9.17) is 35.8 Å². The van der Waals surface area contributed by atoms with Gasteiger partial charge in [0, 0.05) is 43.0 Å². The summed E-state index contributed by atoms with van der Waals surface area (Å²) in [5.74, 6) is -0.740. The molecule has 2 amide bonds. The van der Waals surface area contributed by atoms with Gasteiger partial charge in [0.2, 0.25) is 21.8 Å². The number of piperidine rings is 1. The van der Waals surface area contributed by atoms with Crippen molar-refractivity contribution in [3.8, 4) is 22.9 Å². The van der Waals surface area contributed by atoms with Crippen molar-refractivity contribution in [3.05, 3.63) is 59.8 Å². The van der Waals surface area contributed by atoms with Gasteiger partial charge in [-0.3, -0.25) is 24.1 Å². The first-order chi connectivity index (χ1) is 27.3. The van der Waals surface area contributed by atoms with Crippen LogP contribution in [0.5, 0.6) is 11.5 Å². The smallest absolute Gasteiger partial charge is 0.240 e. The van der Waals surface area contributed by atoms with E-state index in [-0.39, 0.29) is 54.3 Å². The van der Waals surface area contributed by atoms with Gasteiger partial charge in [0.05, 0.1) is 45.8 Å². The zero-order valence-electron chi connectivity index (χ0n) is 34.5. The Hall–Kier alpha value is -4.07. The molecule has 2 aliphatic carbocycles. The fraction of sp³-hybridized carbons (Fsp3) is 0.568. The monoisotopic (exact) mass is 834 g/mol. The highest BCUT2D eigenvalue weighted by atomic mass is 35.5. The quantitative estimate of drug-likeness (QED) is 0.121. The summed E-state index contributed by atoms with van der Waals surface area (Å²) in [5.41, 5.74) is 0.879. The summed E-state index contributed by atoms with van der Waals surface area (Å²) < 4.78 is 45.7. The van der Waals surface area contributed by atoms with Crippen molar-refractivity contribution in [3.63, 3.8) is 0 Å². The van der Waals surface area contributed by atoms with Gasteiger partial charge in [-0.2, -0.15) is 0 Å². The van der Waals surface area contributed by atoms with E-state index in [1.54, 1.807) is 31.1 Å². The number of pyridine rings is 2. The Kier molecular flexibility index (Phi) is 11.2. The van der Waals surface area contributed by atoms with E-state index >= 15 is 0 Å². The number of rotatable bonds is 15. The van der Waals surface area contributed by atoms with Gasteiger partial charge in [0.1, 0.15) is 29.2 Å². The summed E-state index contributed by atoms with van der Waals surface area (Å²) in [6.07, 6.45) is 3.42. The molecule has 2 saturated heterocycles. The highest BCUT2D eigenvalue weighted by Crippen LogP contribution is 2.58. The number of fused-ring (bicyclic) bond motifs is 2. The second-order valence-electron chi connectivity index (χ2n) is 18.2. The van der Waals surface area contributed by atoms with Crippen molar-refractivity contribution >= 4 is 50.1 Å². The standard InChI is InChI=1S/C44H55ClN4O8S/c1-9-26-23-44(26,41(52)48-58(53,54)43(7)17-18-43)24-34(50)33-22-37(32-15-14-28(42(4,5)6)40(51)49(32)33)57-36-21-31(30-12-10-11-29(46-30)25(2)3)47-39-27(36)13-16-35(38(39)45)56-20-19-55-8/h9-13,16,21,25-26,28,32-33,37H,1,14-15,17-20,22-24H2,2-8H3,(H,48,52)/t26-,28+,32-,33+,37-,44-/m1/s1. The number of hydrogen-bond donors (Lipinski definition) is 1. The Labute approximate surface area is 346 Å². The molecule has 1 aromatic carbocycles. The molecular weight excluding hydrogens is 780 g/mol. The Bertz CT molecular complexity index is 2250. The maximum Gasteiger partial charge on any atom is 0.240 e. The molecule has 58 heavy (non-hydrogen) atoms. The number of carbonyl (C=O) groups excluding carboxylic acids is 3. The molecule has 0 bridgehead atoms. The summed E-state index contributed by atoms with van der Waals surface area (Å²) in [4.78, 5) is 54.6.